The van der Waals surface area contributed by atoms with Crippen molar-refractivity contribution in [2.45, 2.75) is 45.8 Å². The summed E-state index contributed by atoms with van der Waals surface area (Å²) in [6.45, 7) is 7.46. The van der Waals surface area contributed by atoms with Crippen LogP contribution in [0.15, 0.2) is 18.2 Å². The van der Waals surface area contributed by atoms with Gasteiger partial charge in [-0.05, 0) is 33.8 Å². The molecule has 0 aromatic heterocycles. The first kappa shape index (κ1) is 19.1. The molecule has 0 unspecified atom stereocenters. The summed E-state index contributed by atoms with van der Waals surface area (Å²) in [7, 11) is -1.57. The zero-order valence-corrected chi connectivity index (χ0v) is 13.8. The summed E-state index contributed by atoms with van der Waals surface area (Å²) in [6.07, 6.45) is 0. The van der Waals surface area contributed by atoms with E-state index in [-0.39, 0.29) is 16.8 Å². The van der Waals surface area contributed by atoms with Crippen LogP contribution in [0.25, 0.3) is 0 Å². The van der Waals surface area contributed by atoms with Crippen LogP contribution in [0.5, 0.6) is 0 Å². The summed E-state index contributed by atoms with van der Waals surface area (Å²) >= 11 is 0. The summed E-state index contributed by atoms with van der Waals surface area (Å²) < 4.78 is 5.48. The molecule has 0 heterocycles. The summed E-state index contributed by atoms with van der Waals surface area (Å²) in [5.41, 5.74) is -2.44. The van der Waals surface area contributed by atoms with Gasteiger partial charge in [0.2, 0.25) is 5.91 Å². The maximum absolute atomic E-state index is 11.2. The van der Waals surface area contributed by atoms with E-state index in [1.165, 1.54) is 32.9 Å². The van der Waals surface area contributed by atoms with Crippen LogP contribution >= 0.6 is 0 Å². The third kappa shape index (κ3) is 4.75. The molecule has 8 nitrogen and oxygen atoms in total. The Bertz CT molecular complexity index is 612. The number of nitro groups is 1. The van der Waals surface area contributed by atoms with Crippen molar-refractivity contribution in [2.75, 3.05) is 5.32 Å². The normalized spacial score (nSPS) is 12.0. The molecule has 3 N–H and O–H groups in total. The molecule has 126 valence electrons. The number of anilines is 1. The van der Waals surface area contributed by atoms with Gasteiger partial charge in [-0.25, -0.2) is 0 Å². The Balaban J connectivity index is 3.23. The van der Waals surface area contributed by atoms with Crippen molar-refractivity contribution in [3.05, 3.63) is 28.3 Å². The van der Waals surface area contributed by atoms with E-state index in [0.717, 1.165) is 6.07 Å². The Hall–Kier alpha value is -1.97. The fraction of sp³-hybridized carbons (Fsp3) is 0.500. The molecular formula is C14H21BN2O6. The van der Waals surface area contributed by atoms with Gasteiger partial charge in [-0.15, -0.1) is 0 Å². The Morgan fingerprint density at radius 1 is 1.35 bits per heavy atom. The van der Waals surface area contributed by atoms with Gasteiger partial charge in [-0.1, -0.05) is 0 Å². The first-order chi connectivity index (χ1) is 10.3. The Labute approximate surface area is 134 Å². The Morgan fingerprint density at radius 3 is 2.35 bits per heavy atom. The van der Waals surface area contributed by atoms with E-state index in [1.807, 2.05) is 0 Å². The highest BCUT2D eigenvalue weighted by molar-refractivity contribution is 6.62. The molecule has 1 amide bonds. The van der Waals surface area contributed by atoms with Gasteiger partial charge in [-0.3, -0.25) is 14.9 Å². The highest BCUT2D eigenvalue weighted by Crippen LogP contribution is 2.26. The maximum atomic E-state index is 11.2. The number of carbonyl (C=O) groups excluding carboxylic acids is 1. The van der Waals surface area contributed by atoms with E-state index < -0.39 is 29.2 Å². The summed E-state index contributed by atoms with van der Waals surface area (Å²) in [6, 6.07) is 3.65. The first-order valence-electron chi connectivity index (χ1n) is 6.99. The molecule has 1 aromatic rings. The second-order valence-electron chi connectivity index (χ2n) is 6.25. The lowest BCUT2D eigenvalue weighted by atomic mass is 9.75. The van der Waals surface area contributed by atoms with Gasteiger partial charge in [0, 0.05) is 30.2 Å². The molecule has 0 spiro atoms. The quantitative estimate of drug-likeness (QED) is 0.404. The van der Waals surface area contributed by atoms with E-state index in [4.69, 9.17) is 4.65 Å². The van der Waals surface area contributed by atoms with Crippen LogP contribution in [0.1, 0.15) is 34.6 Å². The smallest absolute Gasteiger partial charge is 0.423 e. The zero-order valence-electron chi connectivity index (χ0n) is 13.8. The highest BCUT2D eigenvalue weighted by atomic mass is 16.6. The fourth-order valence-electron chi connectivity index (χ4n) is 1.66. The predicted molar refractivity (Wildman–Crippen MR) is 86.5 cm³/mol. The average Bonchev–Trinajstić information content (AvgIpc) is 2.36. The van der Waals surface area contributed by atoms with E-state index in [1.54, 1.807) is 13.8 Å². The minimum absolute atomic E-state index is 0.0340. The van der Waals surface area contributed by atoms with E-state index in [0.29, 0.717) is 0 Å². The number of non-ortho nitro benzene ring substituents is 1. The van der Waals surface area contributed by atoms with Crippen LogP contribution in [0.2, 0.25) is 0 Å². The number of aliphatic hydroxyl groups is 1. The molecule has 0 aliphatic rings. The summed E-state index contributed by atoms with van der Waals surface area (Å²) in [5, 5.41) is 33.8. The van der Waals surface area contributed by atoms with Crippen molar-refractivity contribution in [2.24, 2.45) is 0 Å². The molecule has 0 aliphatic heterocycles. The lowest BCUT2D eigenvalue weighted by Gasteiger charge is -2.38. The van der Waals surface area contributed by atoms with Gasteiger partial charge in [0.15, 0.2) is 0 Å². The minimum atomic E-state index is -1.57. The van der Waals surface area contributed by atoms with Gasteiger partial charge in [0.05, 0.1) is 16.1 Å². The van der Waals surface area contributed by atoms with E-state index >= 15 is 0 Å². The van der Waals surface area contributed by atoms with Crippen LogP contribution in [0, 0.1) is 10.1 Å². The van der Waals surface area contributed by atoms with E-state index in [9.17, 15) is 25.0 Å². The van der Waals surface area contributed by atoms with Gasteiger partial charge >= 0.3 is 7.12 Å². The SMILES string of the molecule is CC(=O)Nc1ccc([N+](=O)[O-])cc1B(O)OC(C)(C)C(C)(C)O. The van der Waals surface area contributed by atoms with Gasteiger partial charge in [-0.2, -0.15) is 0 Å². The number of nitrogens with one attached hydrogen (secondary N) is 1. The number of nitrogens with zero attached hydrogens (tertiary/aromatic N) is 1. The number of hydrogen-bond acceptors (Lipinski definition) is 6. The third-order valence-corrected chi connectivity index (χ3v) is 3.70. The van der Waals surface area contributed by atoms with Crippen molar-refractivity contribution in [1.82, 2.24) is 0 Å². The highest BCUT2D eigenvalue weighted by Gasteiger charge is 2.40. The number of rotatable bonds is 6. The molecule has 0 saturated carbocycles. The van der Waals surface area contributed by atoms with Crippen molar-refractivity contribution in [3.63, 3.8) is 0 Å². The second kappa shape index (κ2) is 6.65. The first-order valence-corrected chi connectivity index (χ1v) is 6.99. The van der Waals surface area contributed by atoms with E-state index in [2.05, 4.69) is 5.32 Å². The molecule has 0 bridgehead atoms. The molecule has 0 radical (unpaired) electrons. The summed E-state index contributed by atoms with van der Waals surface area (Å²) in [5.74, 6) is -0.394. The Morgan fingerprint density at radius 2 is 1.91 bits per heavy atom. The lowest BCUT2D eigenvalue weighted by Crippen LogP contribution is -2.53. The van der Waals surface area contributed by atoms with Crippen molar-refractivity contribution < 1.29 is 24.5 Å². The average molecular weight is 324 g/mol. The van der Waals surface area contributed by atoms with Crippen LogP contribution < -0.4 is 10.8 Å². The molecule has 1 aromatic carbocycles. The van der Waals surface area contributed by atoms with Gasteiger partial charge in [0.1, 0.15) is 0 Å². The molecule has 23 heavy (non-hydrogen) atoms. The molecular weight excluding hydrogens is 303 g/mol. The standard InChI is InChI=1S/C14H21BN2O6/c1-9(18)16-12-7-6-10(17(21)22)8-11(12)15(20)23-14(4,5)13(2,3)19/h6-8,19-20H,1-5H3,(H,16,18). The second-order valence-corrected chi connectivity index (χ2v) is 6.25. The number of benzene rings is 1. The molecule has 1 rings (SSSR count). The number of nitro benzene ring substituents is 1. The minimum Gasteiger partial charge on any atom is -0.423 e. The monoisotopic (exact) mass is 324 g/mol. The largest absolute Gasteiger partial charge is 0.494 e. The lowest BCUT2D eigenvalue weighted by molar-refractivity contribution is -0.384. The van der Waals surface area contributed by atoms with Crippen LogP contribution in [-0.2, 0) is 9.45 Å². The topological polar surface area (TPSA) is 122 Å². The molecule has 0 atom stereocenters. The van der Waals surface area contributed by atoms with Crippen LogP contribution in [0.3, 0.4) is 0 Å². The Kier molecular flexibility index (Phi) is 5.52. The summed E-state index contributed by atoms with van der Waals surface area (Å²) in [4.78, 5) is 21.5. The third-order valence-electron chi connectivity index (χ3n) is 3.70. The maximum Gasteiger partial charge on any atom is 0.494 e. The molecule has 0 saturated heterocycles. The molecule has 0 aliphatic carbocycles. The van der Waals surface area contributed by atoms with Crippen molar-refractivity contribution in [3.8, 4) is 0 Å². The predicted octanol–water partition coefficient (Wildman–Crippen LogP) is 0.807. The van der Waals surface area contributed by atoms with Crippen molar-refractivity contribution >= 4 is 29.9 Å². The number of carbonyl (C=O) groups is 1. The van der Waals surface area contributed by atoms with Crippen LogP contribution in [0.4, 0.5) is 11.4 Å². The fourth-order valence-corrected chi connectivity index (χ4v) is 1.66. The molecule has 9 heteroatoms. The molecule has 0 fully saturated rings. The van der Waals surface area contributed by atoms with Gasteiger partial charge in [0.25, 0.3) is 5.69 Å². The zero-order chi connectivity index (χ0) is 18.0. The number of hydrogen-bond donors (Lipinski definition) is 3. The van der Waals surface area contributed by atoms with Gasteiger partial charge < -0.3 is 20.1 Å². The van der Waals surface area contributed by atoms with Crippen LogP contribution in [-0.4, -0.2) is 39.3 Å². The number of amides is 1. The van der Waals surface area contributed by atoms with Crippen molar-refractivity contribution in [1.29, 1.82) is 0 Å².